The number of unbranched alkanes of at least 4 members (excludes halogenated alkanes) is 2. The zero-order valence-electron chi connectivity index (χ0n) is 22.0. The van der Waals surface area contributed by atoms with Crippen LogP contribution in [0.25, 0.3) is 22.6 Å². The zero-order chi connectivity index (χ0) is 26.6. The van der Waals surface area contributed by atoms with Crippen LogP contribution in [-0.2, 0) is 0 Å². The second-order valence-electron chi connectivity index (χ2n) is 9.78. The topological polar surface area (TPSA) is 86.4 Å². The van der Waals surface area contributed by atoms with Crippen molar-refractivity contribution < 1.29 is 23.4 Å². The van der Waals surface area contributed by atoms with Crippen LogP contribution in [0.1, 0.15) is 42.5 Å². The number of para-hydroxylation sites is 2. The maximum atomic E-state index is 13.0. The fourth-order valence-electron chi connectivity index (χ4n) is 5.06. The Morgan fingerprint density at radius 3 is 2.62 bits per heavy atom. The van der Waals surface area contributed by atoms with E-state index in [1.807, 2.05) is 65.7 Å². The summed E-state index contributed by atoms with van der Waals surface area (Å²) in [5, 5.41) is 0. The normalized spacial score (nSPS) is 16.2. The van der Waals surface area contributed by atoms with Gasteiger partial charge in [-0.25, -0.2) is 4.98 Å². The highest BCUT2D eigenvalue weighted by molar-refractivity contribution is 6.03. The lowest BCUT2D eigenvalue weighted by Crippen LogP contribution is -2.35. The summed E-state index contributed by atoms with van der Waals surface area (Å²) in [6.45, 7) is 1.93. The van der Waals surface area contributed by atoms with Gasteiger partial charge in [0.15, 0.2) is 17.1 Å². The molecule has 6 rings (SSSR count). The van der Waals surface area contributed by atoms with E-state index in [0.29, 0.717) is 41.9 Å². The first-order chi connectivity index (χ1) is 19.2. The molecule has 1 atom stereocenters. The van der Waals surface area contributed by atoms with E-state index in [1.54, 1.807) is 13.2 Å². The van der Waals surface area contributed by atoms with Crippen molar-refractivity contribution in [3.63, 3.8) is 0 Å². The van der Waals surface area contributed by atoms with Crippen LogP contribution in [0.2, 0.25) is 0 Å². The molecule has 0 spiro atoms. The summed E-state index contributed by atoms with van der Waals surface area (Å²) in [6.07, 6.45) is 6.59. The number of carbonyl (C=O) groups excluding carboxylic acids is 1. The Hall–Kier alpha value is -4.33. The summed E-state index contributed by atoms with van der Waals surface area (Å²) in [4.78, 5) is 24.0. The molecular formula is C31H31N3O5. The second-order valence-corrected chi connectivity index (χ2v) is 9.78. The van der Waals surface area contributed by atoms with Crippen molar-refractivity contribution in [2.75, 3.05) is 26.9 Å². The first-order valence-corrected chi connectivity index (χ1v) is 13.5. The molecule has 3 heterocycles. The second kappa shape index (κ2) is 11.2. The molecule has 3 aromatic carbocycles. The van der Waals surface area contributed by atoms with Crippen LogP contribution in [0.4, 0.5) is 5.69 Å². The number of oxazole rings is 1. The highest BCUT2D eigenvalue weighted by atomic mass is 16.5. The van der Waals surface area contributed by atoms with Gasteiger partial charge >= 0.3 is 0 Å². The first-order valence-electron chi connectivity index (χ1n) is 13.5. The zero-order valence-corrected chi connectivity index (χ0v) is 22.0. The quantitative estimate of drug-likeness (QED) is 0.221. The monoisotopic (exact) mass is 525 g/mol. The predicted octanol–water partition coefficient (Wildman–Crippen LogP) is 6.45. The molecule has 2 aliphatic rings. The lowest BCUT2D eigenvalue weighted by atomic mass is 10.1. The minimum Gasteiger partial charge on any atom is -0.494 e. The lowest BCUT2D eigenvalue weighted by molar-refractivity contribution is 0.0774. The van der Waals surface area contributed by atoms with Crippen LogP contribution < -0.4 is 14.2 Å². The van der Waals surface area contributed by atoms with Crippen molar-refractivity contribution in [1.29, 1.82) is 0 Å². The number of aliphatic imine (C=N–C) groups is 1. The Bertz CT molecular complexity index is 1460. The fourth-order valence-corrected chi connectivity index (χ4v) is 5.06. The number of rotatable bonds is 10. The van der Waals surface area contributed by atoms with Gasteiger partial charge in [0.05, 0.1) is 37.6 Å². The predicted molar refractivity (Wildman–Crippen MR) is 149 cm³/mol. The molecule has 1 saturated heterocycles. The number of ether oxygens (including phenoxy) is 3. The fraction of sp³-hybridized carbons (Fsp3) is 0.323. The number of aromatic nitrogens is 1. The van der Waals surface area contributed by atoms with Crippen molar-refractivity contribution in [2.24, 2.45) is 4.99 Å². The van der Waals surface area contributed by atoms with Gasteiger partial charge in [0, 0.05) is 24.4 Å². The molecule has 2 aliphatic heterocycles. The maximum Gasteiger partial charge on any atom is 0.256 e. The Kier molecular flexibility index (Phi) is 7.17. The molecule has 0 saturated carbocycles. The van der Waals surface area contributed by atoms with E-state index in [-0.39, 0.29) is 11.9 Å². The number of nitrogens with zero attached hydrogens (tertiary/aromatic N) is 3. The Morgan fingerprint density at radius 2 is 1.79 bits per heavy atom. The van der Waals surface area contributed by atoms with Crippen LogP contribution in [-0.4, -0.2) is 54.9 Å². The van der Waals surface area contributed by atoms with Crippen molar-refractivity contribution in [2.45, 2.75) is 38.1 Å². The molecule has 1 fully saturated rings. The third-order valence-electron chi connectivity index (χ3n) is 7.17. The van der Waals surface area contributed by atoms with E-state index in [9.17, 15) is 4.79 Å². The van der Waals surface area contributed by atoms with Crippen LogP contribution >= 0.6 is 0 Å². The largest absolute Gasteiger partial charge is 0.494 e. The van der Waals surface area contributed by atoms with Gasteiger partial charge in [0.2, 0.25) is 5.89 Å². The molecule has 0 unspecified atom stereocenters. The van der Waals surface area contributed by atoms with Gasteiger partial charge in [0.25, 0.3) is 5.91 Å². The summed E-state index contributed by atoms with van der Waals surface area (Å²) in [6, 6.07) is 19.2. The van der Waals surface area contributed by atoms with Crippen molar-refractivity contribution in [3.05, 3.63) is 66.2 Å². The Labute approximate surface area is 227 Å². The van der Waals surface area contributed by atoms with E-state index in [0.717, 1.165) is 61.1 Å². The van der Waals surface area contributed by atoms with E-state index in [2.05, 4.69) is 9.98 Å². The molecule has 39 heavy (non-hydrogen) atoms. The number of fused-ring (bicyclic) bond motifs is 3. The number of amides is 1. The van der Waals surface area contributed by atoms with Crippen LogP contribution in [0.5, 0.6) is 17.2 Å². The number of benzene rings is 3. The molecule has 0 N–H and O–H groups in total. The molecule has 200 valence electrons. The maximum absolute atomic E-state index is 13.0. The summed E-state index contributed by atoms with van der Waals surface area (Å²) in [7, 11) is 1.59. The SMILES string of the molecule is COc1cc2c(cc1OCCCCCOc1ccc(-c3nc4ccccc4o3)cc1)N=C[C@@H]1CCCN1C2=O. The van der Waals surface area contributed by atoms with Gasteiger partial charge in [-0.15, -0.1) is 0 Å². The molecule has 4 aromatic rings. The summed E-state index contributed by atoms with van der Waals surface area (Å²) < 4.78 is 23.3. The van der Waals surface area contributed by atoms with Gasteiger partial charge < -0.3 is 23.5 Å². The summed E-state index contributed by atoms with van der Waals surface area (Å²) in [5.74, 6) is 2.60. The number of carbonyl (C=O) groups is 1. The van der Waals surface area contributed by atoms with Gasteiger partial charge in [-0.3, -0.25) is 9.79 Å². The average Bonchev–Trinajstić information content (AvgIpc) is 3.60. The van der Waals surface area contributed by atoms with Crippen molar-refractivity contribution >= 4 is 28.9 Å². The highest BCUT2D eigenvalue weighted by Gasteiger charge is 2.32. The summed E-state index contributed by atoms with van der Waals surface area (Å²) in [5.41, 5.74) is 3.75. The standard InChI is InChI=1S/C31H31N3O5/c1-36-28-18-24-26(32-20-22-8-7-15-34(22)31(24)35)19-29(28)38-17-6-2-5-16-37-23-13-11-21(12-14-23)30-33-25-9-3-4-10-27(25)39-30/h3-4,9-14,18-20,22H,2,5-8,15-17H2,1H3/t22-/m0/s1. The Balaban J connectivity index is 0.963. The minimum atomic E-state index is 0.00989. The molecule has 0 aliphatic carbocycles. The molecule has 0 bridgehead atoms. The van der Waals surface area contributed by atoms with Crippen molar-refractivity contribution in [1.82, 2.24) is 9.88 Å². The minimum absolute atomic E-state index is 0.00989. The first kappa shape index (κ1) is 25.0. The van der Waals surface area contributed by atoms with Gasteiger partial charge in [0.1, 0.15) is 11.3 Å². The Morgan fingerprint density at radius 1 is 0.974 bits per heavy atom. The van der Waals surface area contributed by atoms with Gasteiger partial charge in [-0.2, -0.15) is 0 Å². The van der Waals surface area contributed by atoms with Gasteiger partial charge in [-0.1, -0.05) is 12.1 Å². The third-order valence-corrected chi connectivity index (χ3v) is 7.17. The van der Waals surface area contributed by atoms with Crippen LogP contribution in [0.3, 0.4) is 0 Å². The molecule has 0 radical (unpaired) electrons. The number of hydrogen-bond acceptors (Lipinski definition) is 7. The average molecular weight is 526 g/mol. The molecule has 8 heteroatoms. The molecule has 1 amide bonds. The van der Waals surface area contributed by atoms with Crippen molar-refractivity contribution in [3.8, 4) is 28.7 Å². The van der Waals surface area contributed by atoms with E-state index in [1.165, 1.54) is 0 Å². The number of methoxy groups -OCH3 is 1. The smallest absolute Gasteiger partial charge is 0.256 e. The van der Waals surface area contributed by atoms with E-state index < -0.39 is 0 Å². The lowest BCUT2D eigenvalue weighted by Gasteiger charge is -2.20. The van der Waals surface area contributed by atoms with Crippen LogP contribution in [0, 0.1) is 0 Å². The molecule has 1 aromatic heterocycles. The molecular weight excluding hydrogens is 494 g/mol. The van der Waals surface area contributed by atoms with E-state index >= 15 is 0 Å². The third kappa shape index (κ3) is 5.32. The highest BCUT2D eigenvalue weighted by Crippen LogP contribution is 2.38. The van der Waals surface area contributed by atoms with Crippen LogP contribution in [0.15, 0.2) is 70.1 Å². The van der Waals surface area contributed by atoms with E-state index in [4.69, 9.17) is 18.6 Å². The number of hydrogen-bond donors (Lipinski definition) is 0. The molecule has 8 nitrogen and oxygen atoms in total. The summed E-state index contributed by atoms with van der Waals surface area (Å²) >= 11 is 0. The van der Waals surface area contributed by atoms with Gasteiger partial charge in [-0.05, 0) is 74.6 Å².